The van der Waals surface area contributed by atoms with Gasteiger partial charge in [-0.05, 0) is 48.4 Å². The maximum absolute atomic E-state index is 14.7. The molecule has 0 saturated carbocycles. The van der Waals surface area contributed by atoms with Gasteiger partial charge in [-0.15, -0.1) is 0 Å². The number of aromatic nitrogens is 1. The summed E-state index contributed by atoms with van der Waals surface area (Å²) < 4.78 is 21.5. The Morgan fingerprint density at radius 3 is 2.38 bits per heavy atom. The molecular formula is C25H28ClFN2O5. The summed E-state index contributed by atoms with van der Waals surface area (Å²) in [6.07, 6.45) is 0.705. The Bertz CT molecular complexity index is 1080. The molecule has 2 aromatic carbocycles. The summed E-state index contributed by atoms with van der Waals surface area (Å²) >= 11 is 6.00. The number of hydrogen-bond donors (Lipinski definition) is 3. The van der Waals surface area contributed by atoms with Gasteiger partial charge in [0.05, 0.1) is 13.0 Å². The first-order chi connectivity index (χ1) is 16.3. The number of carboxylic acids is 1. The number of nitrogens with zero attached hydrogens (tertiary/aromatic N) is 2. The fraction of sp³-hybridized carbons (Fsp3) is 0.320. The van der Waals surface area contributed by atoms with Gasteiger partial charge >= 0.3 is 5.97 Å². The number of rotatable bonds is 12. The summed E-state index contributed by atoms with van der Waals surface area (Å²) in [7, 11) is 0. The fourth-order valence-electron chi connectivity index (χ4n) is 3.86. The van der Waals surface area contributed by atoms with Crippen LogP contribution in [0, 0.1) is 5.82 Å². The summed E-state index contributed by atoms with van der Waals surface area (Å²) in [5.41, 5.74) is 1.51. The molecule has 182 valence electrons. The van der Waals surface area contributed by atoms with Crippen molar-refractivity contribution in [2.24, 2.45) is 0 Å². The van der Waals surface area contributed by atoms with Crippen molar-refractivity contribution in [2.75, 3.05) is 13.2 Å². The highest BCUT2D eigenvalue weighted by atomic mass is 35.5. The molecule has 1 heterocycles. The number of halogens is 2. The zero-order valence-corrected chi connectivity index (χ0v) is 19.6. The van der Waals surface area contributed by atoms with Crippen LogP contribution in [0.3, 0.4) is 0 Å². The van der Waals surface area contributed by atoms with Crippen LogP contribution in [0.2, 0.25) is 5.02 Å². The zero-order chi connectivity index (χ0) is 24.7. The van der Waals surface area contributed by atoms with Gasteiger partial charge in [-0.1, -0.05) is 36.7 Å². The molecule has 1 unspecified atom stereocenters. The standard InChI is InChI=1S/C25H28ClFN2O5/c1-2-11-28(21(15-25(32)33)18-4-6-19(26)7-5-18)16-17-3-8-22(20(27)14-17)34-13-12-29-23(30)9-10-24(29)31/h3-10,14,21,30-31H,2,11-13,15-16H2,1H3,(H,32,33). The van der Waals surface area contributed by atoms with E-state index in [9.17, 15) is 24.5 Å². The highest BCUT2D eigenvalue weighted by Gasteiger charge is 2.23. The fourth-order valence-corrected chi connectivity index (χ4v) is 3.98. The summed E-state index contributed by atoms with van der Waals surface area (Å²) in [6, 6.07) is 14.1. The van der Waals surface area contributed by atoms with Crippen molar-refractivity contribution >= 4 is 17.6 Å². The molecule has 0 amide bonds. The molecule has 3 N–H and O–H groups in total. The van der Waals surface area contributed by atoms with Crippen molar-refractivity contribution in [3.63, 3.8) is 0 Å². The number of carboxylic acid groups (broad SMARTS) is 1. The van der Waals surface area contributed by atoms with Crippen molar-refractivity contribution in [1.82, 2.24) is 9.47 Å². The van der Waals surface area contributed by atoms with Crippen LogP contribution in [0.25, 0.3) is 0 Å². The van der Waals surface area contributed by atoms with Crippen LogP contribution in [0.1, 0.15) is 36.9 Å². The number of ether oxygens (including phenoxy) is 1. The van der Waals surface area contributed by atoms with Crippen LogP contribution >= 0.6 is 11.6 Å². The van der Waals surface area contributed by atoms with E-state index in [-0.39, 0.29) is 37.1 Å². The van der Waals surface area contributed by atoms with Gasteiger partial charge in [0.15, 0.2) is 23.3 Å². The molecule has 0 spiro atoms. The topological polar surface area (TPSA) is 95.2 Å². The molecule has 34 heavy (non-hydrogen) atoms. The molecule has 9 heteroatoms. The highest BCUT2D eigenvalue weighted by Crippen LogP contribution is 2.29. The molecule has 1 aromatic heterocycles. The van der Waals surface area contributed by atoms with Gasteiger partial charge in [-0.2, -0.15) is 0 Å². The average molecular weight is 491 g/mol. The molecule has 3 rings (SSSR count). The molecule has 7 nitrogen and oxygen atoms in total. The molecule has 1 atom stereocenters. The van der Waals surface area contributed by atoms with Crippen molar-refractivity contribution in [2.45, 2.75) is 38.9 Å². The van der Waals surface area contributed by atoms with E-state index in [1.165, 1.54) is 28.8 Å². The second-order valence-electron chi connectivity index (χ2n) is 7.95. The van der Waals surface area contributed by atoms with E-state index in [1.54, 1.807) is 18.2 Å². The molecule has 0 aliphatic rings. The largest absolute Gasteiger partial charge is 0.494 e. The molecule has 0 saturated heterocycles. The molecule has 0 bridgehead atoms. The lowest BCUT2D eigenvalue weighted by atomic mass is 10.0. The minimum absolute atomic E-state index is 0.0469. The maximum Gasteiger partial charge on any atom is 0.305 e. The second kappa shape index (κ2) is 11.8. The molecule has 3 aromatic rings. The lowest BCUT2D eigenvalue weighted by Gasteiger charge is -2.31. The highest BCUT2D eigenvalue weighted by molar-refractivity contribution is 6.30. The Morgan fingerprint density at radius 1 is 1.12 bits per heavy atom. The smallest absolute Gasteiger partial charge is 0.305 e. The molecular weight excluding hydrogens is 463 g/mol. The quantitative estimate of drug-likeness (QED) is 0.323. The number of carbonyl (C=O) groups is 1. The number of aromatic hydroxyl groups is 2. The predicted octanol–water partition coefficient (Wildman–Crippen LogP) is 5.20. The first kappa shape index (κ1) is 25.4. The third-order valence-corrected chi connectivity index (χ3v) is 5.72. The minimum Gasteiger partial charge on any atom is -0.494 e. The lowest BCUT2D eigenvalue weighted by molar-refractivity contribution is -0.138. The Morgan fingerprint density at radius 2 is 1.79 bits per heavy atom. The summed E-state index contributed by atoms with van der Waals surface area (Å²) in [4.78, 5) is 13.6. The summed E-state index contributed by atoms with van der Waals surface area (Å²) in [6.45, 7) is 3.19. The van der Waals surface area contributed by atoms with E-state index in [0.717, 1.165) is 12.0 Å². The van der Waals surface area contributed by atoms with E-state index in [0.29, 0.717) is 23.7 Å². The SMILES string of the molecule is CCCN(Cc1ccc(OCCn2c(O)ccc2O)c(F)c1)C(CC(=O)O)c1ccc(Cl)cc1. The van der Waals surface area contributed by atoms with Crippen molar-refractivity contribution in [3.8, 4) is 17.5 Å². The Labute approximate surface area is 202 Å². The minimum atomic E-state index is -0.921. The van der Waals surface area contributed by atoms with Gasteiger partial charge in [0.25, 0.3) is 0 Å². The second-order valence-corrected chi connectivity index (χ2v) is 8.39. The molecule has 0 radical (unpaired) electrons. The monoisotopic (exact) mass is 490 g/mol. The average Bonchev–Trinajstić information content (AvgIpc) is 3.11. The van der Waals surface area contributed by atoms with Crippen LogP contribution in [0.5, 0.6) is 17.5 Å². The van der Waals surface area contributed by atoms with Gasteiger partial charge in [-0.3, -0.25) is 14.3 Å². The third kappa shape index (κ3) is 6.65. The van der Waals surface area contributed by atoms with E-state index < -0.39 is 17.8 Å². The van der Waals surface area contributed by atoms with Crippen molar-refractivity contribution in [1.29, 1.82) is 0 Å². The Balaban J connectivity index is 1.72. The molecule has 0 aliphatic carbocycles. The van der Waals surface area contributed by atoms with E-state index >= 15 is 0 Å². The van der Waals surface area contributed by atoms with E-state index in [2.05, 4.69) is 0 Å². The van der Waals surface area contributed by atoms with Crippen LogP contribution in [0.4, 0.5) is 4.39 Å². The number of benzene rings is 2. The number of aliphatic carboxylic acids is 1. The van der Waals surface area contributed by atoms with Crippen LogP contribution in [0.15, 0.2) is 54.6 Å². The van der Waals surface area contributed by atoms with Gasteiger partial charge in [-0.25, -0.2) is 4.39 Å². The zero-order valence-electron chi connectivity index (χ0n) is 18.8. The van der Waals surface area contributed by atoms with E-state index in [4.69, 9.17) is 16.3 Å². The van der Waals surface area contributed by atoms with Crippen molar-refractivity contribution in [3.05, 3.63) is 76.6 Å². The first-order valence-corrected chi connectivity index (χ1v) is 11.4. The summed E-state index contributed by atoms with van der Waals surface area (Å²) in [5.74, 6) is -1.63. The predicted molar refractivity (Wildman–Crippen MR) is 127 cm³/mol. The van der Waals surface area contributed by atoms with Gasteiger partial charge in [0.2, 0.25) is 0 Å². The Kier molecular flexibility index (Phi) is 8.79. The van der Waals surface area contributed by atoms with Gasteiger partial charge < -0.3 is 20.1 Å². The van der Waals surface area contributed by atoms with Gasteiger partial charge in [0.1, 0.15) is 6.61 Å². The van der Waals surface area contributed by atoms with Crippen LogP contribution in [-0.4, -0.2) is 43.9 Å². The first-order valence-electron chi connectivity index (χ1n) is 11.0. The summed E-state index contributed by atoms with van der Waals surface area (Å²) in [5, 5.41) is 29.4. The Hall–Kier alpha value is -3.23. The third-order valence-electron chi connectivity index (χ3n) is 5.46. The normalized spacial score (nSPS) is 12.1. The lowest BCUT2D eigenvalue weighted by Crippen LogP contribution is -2.31. The van der Waals surface area contributed by atoms with Crippen LogP contribution < -0.4 is 4.74 Å². The maximum atomic E-state index is 14.7. The van der Waals surface area contributed by atoms with E-state index in [1.807, 2.05) is 24.0 Å². The van der Waals surface area contributed by atoms with Crippen LogP contribution in [-0.2, 0) is 17.9 Å². The van der Waals surface area contributed by atoms with Crippen molar-refractivity contribution < 1.29 is 29.2 Å². The molecule has 0 fully saturated rings. The number of hydrogen-bond acceptors (Lipinski definition) is 5. The van der Waals surface area contributed by atoms with Gasteiger partial charge in [0, 0.05) is 29.7 Å². The molecule has 0 aliphatic heterocycles.